The summed E-state index contributed by atoms with van der Waals surface area (Å²) < 4.78 is 0. The minimum absolute atomic E-state index is 0.0726. The maximum atomic E-state index is 11.9. The van der Waals surface area contributed by atoms with Gasteiger partial charge in [0.25, 0.3) is 0 Å². The minimum Gasteiger partial charge on any atom is -0.395 e. The van der Waals surface area contributed by atoms with Gasteiger partial charge in [-0.1, -0.05) is 13.8 Å². The number of allylic oxidation sites excluding steroid dienone is 2. The van der Waals surface area contributed by atoms with Crippen LogP contribution in [0.4, 0.5) is 0 Å². The molecule has 1 aliphatic carbocycles. The number of nitriles is 1. The molecule has 0 atom stereocenters. The van der Waals surface area contributed by atoms with E-state index in [0.717, 1.165) is 0 Å². The predicted octanol–water partition coefficient (Wildman–Crippen LogP) is 0.440. The lowest BCUT2D eigenvalue weighted by Gasteiger charge is -2.36. The second kappa shape index (κ2) is 5.98. The van der Waals surface area contributed by atoms with Gasteiger partial charge in [0.15, 0.2) is 5.78 Å². The number of Topliss-reactive ketones (excluding diaryl/α,β-unsaturated/α-hetero) is 1. The van der Waals surface area contributed by atoms with Crippen molar-refractivity contribution in [2.45, 2.75) is 26.7 Å². The van der Waals surface area contributed by atoms with Gasteiger partial charge in [0.2, 0.25) is 0 Å². The first-order valence-corrected chi connectivity index (χ1v) is 6.08. The lowest BCUT2D eigenvalue weighted by Crippen LogP contribution is -2.37. The zero-order chi connectivity index (χ0) is 13.8. The molecule has 0 aliphatic heterocycles. The highest BCUT2D eigenvalue weighted by Crippen LogP contribution is 2.37. The molecule has 5 heteroatoms. The first-order valence-electron chi connectivity index (χ1n) is 6.08. The van der Waals surface area contributed by atoms with Crippen LogP contribution in [0, 0.1) is 16.7 Å². The molecule has 0 saturated heterocycles. The highest BCUT2D eigenvalue weighted by atomic mass is 16.3. The molecule has 0 heterocycles. The molecule has 2 N–H and O–H groups in total. The molecule has 0 saturated carbocycles. The summed E-state index contributed by atoms with van der Waals surface area (Å²) >= 11 is 0. The van der Waals surface area contributed by atoms with E-state index < -0.39 is 0 Å². The van der Waals surface area contributed by atoms with E-state index in [1.807, 2.05) is 19.9 Å². The smallest absolute Gasteiger partial charge is 0.175 e. The molecular formula is C13H20N2O3. The fourth-order valence-corrected chi connectivity index (χ4v) is 2.31. The van der Waals surface area contributed by atoms with Crippen LogP contribution < -0.4 is 0 Å². The number of aliphatic hydroxyl groups excluding tert-OH is 2. The molecule has 1 aliphatic rings. The van der Waals surface area contributed by atoms with Crippen molar-refractivity contribution in [1.29, 1.82) is 5.26 Å². The van der Waals surface area contributed by atoms with Gasteiger partial charge in [-0.2, -0.15) is 5.26 Å². The number of hydrogen-bond donors (Lipinski definition) is 2. The second-order valence-corrected chi connectivity index (χ2v) is 5.31. The molecule has 5 nitrogen and oxygen atoms in total. The number of rotatable bonds is 5. The summed E-state index contributed by atoms with van der Waals surface area (Å²) in [5.41, 5.74) is 0.647. The van der Waals surface area contributed by atoms with Crippen LogP contribution in [0.2, 0.25) is 0 Å². The lowest BCUT2D eigenvalue weighted by atomic mass is 9.75. The number of carbonyl (C=O) groups excluding carboxylic acids is 1. The first kappa shape index (κ1) is 14.7. The lowest BCUT2D eigenvalue weighted by molar-refractivity contribution is -0.118. The average molecular weight is 252 g/mol. The van der Waals surface area contributed by atoms with Crippen molar-refractivity contribution in [2.75, 3.05) is 26.3 Å². The van der Waals surface area contributed by atoms with E-state index in [1.54, 1.807) is 4.90 Å². The van der Waals surface area contributed by atoms with Crippen molar-refractivity contribution in [2.24, 2.45) is 5.41 Å². The summed E-state index contributed by atoms with van der Waals surface area (Å²) in [7, 11) is 0. The molecule has 0 radical (unpaired) electrons. The monoisotopic (exact) mass is 252 g/mol. The van der Waals surface area contributed by atoms with E-state index in [-0.39, 0.29) is 30.0 Å². The molecule has 0 aromatic heterocycles. The van der Waals surface area contributed by atoms with Crippen LogP contribution in [0.3, 0.4) is 0 Å². The van der Waals surface area contributed by atoms with E-state index in [9.17, 15) is 4.79 Å². The van der Waals surface area contributed by atoms with E-state index in [0.29, 0.717) is 31.6 Å². The Kier molecular flexibility index (Phi) is 4.88. The molecule has 0 fully saturated rings. The van der Waals surface area contributed by atoms with Gasteiger partial charge in [0, 0.05) is 25.2 Å². The van der Waals surface area contributed by atoms with Crippen LogP contribution in [0.15, 0.2) is 11.3 Å². The van der Waals surface area contributed by atoms with Gasteiger partial charge in [0.05, 0.1) is 13.2 Å². The summed E-state index contributed by atoms with van der Waals surface area (Å²) in [6.45, 7) is 4.47. The Morgan fingerprint density at radius 3 is 2.28 bits per heavy atom. The molecule has 0 aromatic carbocycles. The van der Waals surface area contributed by atoms with Crippen LogP contribution in [0.25, 0.3) is 0 Å². The number of nitrogens with zero attached hydrogens (tertiary/aromatic N) is 2. The third-order valence-corrected chi connectivity index (χ3v) is 3.09. The van der Waals surface area contributed by atoms with Gasteiger partial charge in [0.1, 0.15) is 11.6 Å². The topological polar surface area (TPSA) is 84.6 Å². The van der Waals surface area contributed by atoms with Crippen LogP contribution in [-0.4, -0.2) is 47.2 Å². The van der Waals surface area contributed by atoms with Crippen molar-refractivity contribution in [1.82, 2.24) is 4.90 Å². The van der Waals surface area contributed by atoms with E-state index >= 15 is 0 Å². The third kappa shape index (κ3) is 3.31. The fraction of sp³-hybridized carbons (Fsp3) is 0.692. The molecule has 0 amide bonds. The Morgan fingerprint density at radius 2 is 1.83 bits per heavy atom. The molecule has 18 heavy (non-hydrogen) atoms. The summed E-state index contributed by atoms with van der Waals surface area (Å²) in [5, 5.41) is 27.2. The van der Waals surface area contributed by atoms with Crippen molar-refractivity contribution < 1.29 is 15.0 Å². The highest BCUT2D eigenvalue weighted by molar-refractivity contribution is 6.01. The predicted molar refractivity (Wildman–Crippen MR) is 66.4 cm³/mol. The maximum Gasteiger partial charge on any atom is 0.175 e. The van der Waals surface area contributed by atoms with E-state index in [2.05, 4.69) is 0 Å². The molecular weight excluding hydrogens is 232 g/mol. The fourth-order valence-electron chi connectivity index (χ4n) is 2.31. The van der Waals surface area contributed by atoms with Gasteiger partial charge < -0.3 is 15.1 Å². The van der Waals surface area contributed by atoms with Gasteiger partial charge in [-0.3, -0.25) is 4.79 Å². The first-order chi connectivity index (χ1) is 8.45. The van der Waals surface area contributed by atoms with E-state index in [4.69, 9.17) is 15.5 Å². The Bertz CT molecular complexity index is 388. The Hall–Kier alpha value is -1.38. The normalized spacial score (nSPS) is 18.7. The number of aliphatic hydroxyl groups is 2. The van der Waals surface area contributed by atoms with Crippen molar-refractivity contribution in [3.8, 4) is 6.07 Å². The van der Waals surface area contributed by atoms with Gasteiger partial charge >= 0.3 is 0 Å². The molecule has 0 spiro atoms. The Labute approximate surface area is 107 Å². The van der Waals surface area contributed by atoms with Gasteiger partial charge in [-0.05, 0) is 11.8 Å². The van der Waals surface area contributed by atoms with E-state index in [1.165, 1.54) is 0 Å². The maximum absolute atomic E-state index is 11.9. The third-order valence-electron chi connectivity index (χ3n) is 3.09. The van der Waals surface area contributed by atoms with Gasteiger partial charge in [-0.25, -0.2) is 0 Å². The Balaban J connectivity index is 3.12. The summed E-state index contributed by atoms with van der Waals surface area (Å²) in [6, 6.07) is 1.96. The average Bonchev–Trinajstić information content (AvgIpc) is 2.26. The molecule has 0 bridgehead atoms. The standard InChI is InChI=1S/C13H20N2O3/c1-13(2)7-11(10(9-14)12(18)8-13)15(3-5-16)4-6-17/h16-17H,3-8H2,1-2H3. The SMILES string of the molecule is CC1(C)CC(=O)C(C#N)=C(N(CCO)CCO)C1. The number of hydrogen-bond acceptors (Lipinski definition) is 5. The van der Waals surface area contributed by atoms with Crippen LogP contribution in [-0.2, 0) is 4.79 Å². The largest absolute Gasteiger partial charge is 0.395 e. The summed E-state index contributed by atoms with van der Waals surface area (Å²) in [5.74, 6) is -0.148. The summed E-state index contributed by atoms with van der Waals surface area (Å²) in [4.78, 5) is 13.7. The Morgan fingerprint density at radius 1 is 1.28 bits per heavy atom. The second-order valence-electron chi connectivity index (χ2n) is 5.31. The highest BCUT2D eigenvalue weighted by Gasteiger charge is 2.34. The quantitative estimate of drug-likeness (QED) is 0.741. The van der Waals surface area contributed by atoms with Crippen molar-refractivity contribution in [3.05, 3.63) is 11.3 Å². The van der Waals surface area contributed by atoms with Crippen LogP contribution in [0.5, 0.6) is 0 Å². The molecule has 0 aromatic rings. The summed E-state index contributed by atoms with van der Waals surface area (Å²) in [6.07, 6.45) is 0.979. The van der Waals surface area contributed by atoms with Gasteiger partial charge in [-0.15, -0.1) is 0 Å². The number of carbonyl (C=O) groups is 1. The molecule has 0 unspecified atom stereocenters. The number of ketones is 1. The van der Waals surface area contributed by atoms with Crippen molar-refractivity contribution >= 4 is 5.78 Å². The zero-order valence-corrected chi connectivity index (χ0v) is 10.9. The van der Waals surface area contributed by atoms with Crippen molar-refractivity contribution in [3.63, 3.8) is 0 Å². The molecule has 100 valence electrons. The van der Waals surface area contributed by atoms with Crippen LogP contribution in [0.1, 0.15) is 26.7 Å². The van der Waals surface area contributed by atoms with Crippen LogP contribution >= 0.6 is 0 Å². The zero-order valence-electron chi connectivity index (χ0n) is 10.9. The minimum atomic E-state index is -0.185. The molecule has 1 rings (SSSR count).